The van der Waals surface area contributed by atoms with Crippen LogP contribution in [0.2, 0.25) is 0 Å². The van der Waals surface area contributed by atoms with E-state index in [-0.39, 0.29) is 0 Å². The maximum Gasteiger partial charge on any atom is 0.252 e. The van der Waals surface area contributed by atoms with Crippen LogP contribution in [0.3, 0.4) is 0 Å². The van der Waals surface area contributed by atoms with Crippen molar-refractivity contribution in [1.82, 2.24) is 18.7 Å². The Hall–Kier alpha value is -1.33. The molecule has 3 heterocycles. The van der Waals surface area contributed by atoms with Crippen LogP contribution in [-0.2, 0) is 23.2 Å². The minimum Gasteiger partial charge on any atom is -0.314 e. The lowest BCUT2D eigenvalue weighted by molar-refractivity contribution is -0.926. The number of nitrogens with one attached hydrogen (secondary N) is 1. The fraction of sp³-hybridized carbons (Fsp3) is 0.467. The maximum atomic E-state index is 12.6. The summed E-state index contributed by atoms with van der Waals surface area (Å²) in [6.45, 7) is 9.46. The number of nitrogens with zero attached hydrogens (tertiary/aromatic N) is 4. The van der Waals surface area contributed by atoms with Crippen molar-refractivity contribution < 1.29 is 13.3 Å². The highest BCUT2D eigenvalue weighted by molar-refractivity contribution is 7.91. The lowest BCUT2D eigenvalue weighted by Gasteiger charge is -2.30. The summed E-state index contributed by atoms with van der Waals surface area (Å²) < 4.78 is 31.6. The average Bonchev–Trinajstić information content (AvgIpc) is 3.21. The molecular weight excluding hydrogens is 378 g/mol. The van der Waals surface area contributed by atoms with Gasteiger partial charge in [0, 0.05) is 6.54 Å². The van der Waals surface area contributed by atoms with Crippen molar-refractivity contribution >= 4 is 33.6 Å². The van der Waals surface area contributed by atoms with E-state index in [2.05, 4.69) is 11.7 Å². The Balaban J connectivity index is 1.65. The minimum atomic E-state index is -3.35. The van der Waals surface area contributed by atoms with E-state index in [0.717, 1.165) is 18.9 Å². The summed E-state index contributed by atoms with van der Waals surface area (Å²) in [6.07, 6.45) is 1.80. The molecule has 10 heteroatoms. The Morgan fingerprint density at radius 1 is 1.44 bits per heavy atom. The molecule has 0 aromatic carbocycles. The fourth-order valence-corrected chi connectivity index (χ4v) is 5.84. The zero-order valence-electron chi connectivity index (χ0n) is 14.1. The highest BCUT2D eigenvalue weighted by atomic mass is 32.2. The molecule has 0 bridgehead atoms. The van der Waals surface area contributed by atoms with E-state index in [1.54, 1.807) is 27.9 Å². The lowest BCUT2D eigenvalue weighted by atomic mass is 10.4. The Kier molecular flexibility index (Phi) is 5.54. The minimum absolute atomic E-state index is 0.414. The van der Waals surface area contributed by atoms with Crippen molar-refractivity contribution in [2.24, 2.45) is 0 Å². The van der Waals surface area contributed by atoms with Crippen LogP contribution in [-0.4, -0.2) is 53.2 Å². The van der Waals surface area contributed by atoms with Crippen LogP contribution in [0.1, 0.15) is 5.82 Å². The van der Waals surface area contributed by atoms with Gasteiger partial charge in [-0.3, -0.25) is 0 Å². The number of thiophene rings is 1. The van der Waals surface area contributed by atoms with Crippen LogP contribution in [0.5, 0.6) is 0 Å². The van der Waals surface area contributed by atoms with Crippen molar-refractivity contribution in [2.75, 3.05) is 26.2 Å². The molecule has 2 aromatic heterocycles. The molecule has 1 aliphatic rings. The molecule has 0 unspecified atom stereocenters. The summed E-state index contributed by atoms with van der Waals surface area (Å²) in [7, 11) is -3.35. The molecule has 0 radical (unpaired) electrons. The molecule has 25 heavy (non-hydrogen) atoms. The van der Waals surface area contributed by atoms with E-state index >= 15 is 0 Å². The number of aromatic nitrogens is 3. The van der Waals surface area contributed by atoms with Gasteiger partial charge < -0.3 is 9.47 Å². The standard InChI is InChI=1S/C15H21N5O2S3/c1-3-6-19-13(2)16-20(15(19)23)12-17-7-9-18(10-8-17)25(21,22)14-5-4-11-24-14/h3-5,11H,1,6-10,12H2,2H3/p+1. The monoisotopic (exact) mass is 400 g/mol. The van der Waals surface area contributed by atoms with Gasteiger partial charge in [-0.25, -0.2) is 8.42 Å². The third-order valence-corrected chi connectivity index (χ3v) is 8.01. The van der Waals surface area contributed by atoms with Gasteiger partial charge in [-0.05, 0) is 30.6 Å². The van der Waals surface area contributed by atoms with Crippen molar-refractivity contribution in [2.45, 2.75) is 24.3 Å². The SMILES string of the molecule is C=CCn1c(C)nn(C[NH+]2CCN(S(=O)(=O)c3cccs3)CC2)c1=S. The predicted molar refractivity (Wildman–Crippen MR) is 99.8 cm³/mol. The van der Waals surface area contributed by atoms with Gasteiger partial charge in [0.2, 0.25) is 4.77 Å². The number of sulfonamides is 1. The molecule has 1 N–H and O–H groups in total. The van der Waals surface area contributed by atoms with Gasteiger partial charge in [-0.15, -0.1) is 17.9 Å². The number of rotatable bonds is 6. The number of piperazine rings is 1. The maximum absolute atomic E-state index is 12.6. The van der Waals surface area contributed by atoms with Crippen LogP contribution in [0.25, 0.3) is 0 Å². The van der Waals surface area contributed by atoms with Gasteiger partial charge in [-0.2, -0.15) is 14.1 Å². The third-order valence-electron chi connectivity index (χ3n) is 4.31. The first-order chi connectivity index (χ1) is 11.9. The highest BCUT2D eigenvalue weighted by Gasteiger charge is 2.31. The van der Waals surface area contributed by atoms with Gasteiger partial charge in [0.1, 0.15) is 10.0 Å². The molecule has 0 aliphatic carbocycles. The highest BCUT2D eigenvalue weighted by Crippen LogP contribution is 2.20. The van der Waals surface area contributed by atoms with Crippen molar-refractivity contribution in [1.29, 1.82) is 0 Å². The molecule has 3 rings (SSSR count). The van der Waals surface area contributed by atoms with E-state index in [4.69, 9.17) is 12.2 Å². The summed E-state index contributed by atoms with van der Waals surface area (Å²) in [4.78, 5) is 1.27. The predicted octanol–water partition coefficient (Wildman–Crippen LogP) is 0.517. The first kappa shape index (κ1) is 18.5. The second-order valence-corrected chi connectivity index (χ2v) is 9.45. The van der Waals surface area contributed by atoms with Crippen LogP contribution < -0.4 is 4.90 Å². The number of aryl methyl sites for hydroxylation is 1. The third kappa shape index (κ3) is 3.77. The van der Waals surface area contributed by atoms with Gasteiger partial charge in [-0.1, -0.05) is 12.1 Å². The van der Waals surface area contributed by atoms with Crippen LogP contribution >= 0.6 is 23.6 Å². The Morgan fingerprint density at radius 3 is 2.76 bits per heavy atom. The average molecular weight is 401 g/mol. The first-order valence-corrected chi connectivity index (χ1v) is 10.8. The summed E-state index contributed by atoms with van der Waals surface area (Å²) in [5, 5.41) is 6.30. The molecule has 1 saturated heterocycles. The second-order valence-electron chi connectivity index (χ2n) is 5.97. The number of quaternary nitrogens is 1. The molecular formula is C15H22N5O2S3+. The molecule has 1 fully saturated rings. The summed E-state index contributed by atoms with van der Waals surface area (Å²) in [5.74, 6) is 0.864. The normalized spacial score (nSPS) is 17.0. The first-order valence-electron chi connectivity index (χ1n) is 8.06. The zero-order valence-corrected chi connectivity index (χ0v) is 16.5. The van der Waals surface area contributed by atoms with Gasteiger partial charge in [0.05, 0.1) is 26.2 Å². The number of allylic oxidation sites excluding steroid dienone is 1. The van der Waals surface area contributed by atoms with Gasteiger partial charge in [0.25, 0.3) is 10.0 Å². The van der Waals surface area contributed by atoms with Crippen molar-refractivity contribution in [3.05, 3.63) is 40.8 Å². The van der Waals surface area contributed by atoms with E-state index in [9.17, 15) is 8.42 Å². The van der Waals surface area contributed by atoms with Crippen LogP contribution in [0.15, 0.2) is 34.4 Å². The molecule has 7 nitrogen and oxygen atoms in total. The molecule has 0 saturated carbocycles. The van der Waals surface area contributed by atoms with E-state index in [1.807, 2.05) is 16.2 Å². The largest absolute Gasteiger partial charge is 0.314 e. The number of hydrogen-bond donors (Lipinski definition) is 1. The van der Waals surface area contributed by atoms with E-state index in [1.165, 1.54) is 16.2 Å². The molecule has 0 amide bonds. The molecule has 0 atom stereocenters. The Morgan fingerprint density at radius 2 is 2.16 bits per heavy atom. The van der Waals surface area contributed by atoms with Crippen LogP contribution in [0.4, 0.5) is 0 Å². The zero-order chi connectivity index (χ0) is 18.0. The molecule has 136 valence electrons. The number of hydrogen-bond acceptors (Lipinski definition) is 5. The smallest absolute Gasteiger partial charge is 0.252 e. The molecule has 1 aliphatic heterocycles. The Bertz CT molecular complexity index is 890. The van der Waals surface area contributed by atoms with Gasteiger partial charge >= 0.3 is 0 Å². The van der Waals surface area contributed by atoms with Crippen molar-refractivity contribution in [3.8, 4) is 0 Å². The Labute approximate surface area is 156 Å². The van der Waals surface area contributed by atoms with Gasteiger partial charge in [0.15, 0.2) is 6.67 Å². The topological polar surface area (TPSA) is 64.6 Å². The summed E-state index contributed by atoms with van der Waals surface area (Å²) in [5.41, 5.74) is 0. The molecule has 2 aromatic rings. The fourth-order valence-electron chi connectivity index (χ4n) is 2.94. The molecule has 0 spiro atoms. The second kappa shape index (κ2) is 7.50. The summed E-state index contributed by atoms with van der Waals surface area (Å²) in [6, 6.07) is 3.43. The lowest BCUT2D eigenvalue weighted by Crippen LogP contribution is -3.14. The quantitative estimate of drug-likeness (QED) is 0.567. The van der Waals surface area contributed by atoms with Crippen molar-refractivity contribution in [3.63, 3.8) is 0 Å². The van der Waals surface area contributed by atoms with E-state index < -0.39 is 10.0 Å². The van der Waals surface area contributed by atoms with E-state index in [0.29, 0.717) is 35.3 Å². The van der Waals surface area contributed by atoms with Crippen LogP contribution in [0, 0.1) is 11.7 Å². The summed E-state index contributed by atoms with van der Waals surface area (Å²) >= 11 is 6.74.